The second-order valence-corrected chi connectivity index (χ2v) is 3.20. The molecule has 18 heavy (non-hydrogen) atoms. The summed E-state index contributed by atoms with van der Waals surface area (Å²) in [6, 6.07) is 6.74. The molecule has 7 nitrogen and oxygen atoms in total. The summed E-state index contributed by atoms with van der Waals surface area (Å²) >= 11 is 0. The van der Waals surface area contributed by atoms with Crippen LogP contribution in [0.1, 0.15) is 12.0 Å². The molecule has 0 unspecified atom stereocenters. The second kappa shape index (κ2) is 7.11. The van der Waals surface area contributed by atoms with Crippen molar-refractivity contribution in [3.05, 3.63) is 23.8 Å². The number of nitrogens with zero attached hydrogens (tertiary/aromatic N) is 1. The highest BCUT2D eigenvalue weighted by Gasteiger charge is 2.05. The van der Waals surface area contributed by atoms with Crippen molar-refractivity contribution in [3.63, 3.8) is 0 Å². The Hall–Kier alpha value is -2.30. The predicted molar refractivity (Wildman–Crippen MR) is 61.2 cm³/mol. The van der Waals surface area contributed by atoms with Gasteiger partial charge in [-0.05, 0) is 12.1 Å². The van der Waals surface area contributed by atoms with Gasteiger partial charge in [-0.1, -0.05) is 5.59 Å². The predicted octanol–water partition coefficient (Wildman–Crippen LogP) is 0.257. The number of carbonyl (C=O) groups excluding carboxylic acids is 1. The normalized spacial score (nSPS) is 9.39. The van der Waals surface area contributed by atoms with Gasteiger partial charge in [0, 0.05) is 6.07 Å². The Morgan fingerprint density at radius 1 is 1.44 bits per heavy atom. The smallest absolute Gasteiger partial charge is 0.329 e. The van der Waals surface area contributed by atoms with Crippen LogP contribution in [0.15, 0.2) is 18.2 Å². The Morgan fingerprint density at radius 3 is 2.78 bits per heavy atom. The molecule has 0 bridgehead atoms. The molecule has 7 heteroatoms. The molecule has 0 radical (unpaired) electrons. The highest BCUT2D eigenvalue weighted by molar-refractivity contribution is 5.69. The van der Waals surface area contributed by atoms with Crippen molar-refractivity contribution >= 4 is 5.97 Å². The van der Waals surface area contributed by atoms with Crippen molar-refractivity contribution in [2.75, 3.05) is 13.7 Å². The zero-order valence-corrected chi connectivity index (χ0v) is 9.80. The lowest BCUT2D eigenvalue weighted by Gasteiger charge is -2.08. The Bertz CT molecular complexity index is 456. The number of hydrazine groups is 1. The van der Waals surface area contributed by atoms with E-state index in [1.807, 2.05) is 6.07 Å². The highest BCUT2D eigenvalue weighted by atomic mass is 16.7. The molecule has 0 fully saturated rings. The minimum atomic E-state index is -0.541. The number of carbonyl (C=O) groups is 1. The van der Waals surface area contributed by atoms with Gasteiger partial charge in [-0.2, -0.15) is 5.26 Å². The van der Waals surface area contributed by atoms with Crippen LogP contribution in [0.4, 0.5) is 0 Å². The first-order chi connectivity index (χ1) is 8.69. The Balaban J connectivity index is 2.57. The molecule has 0 saturated heterocycles. The van der Waals surface area contributed by atoms with Gasteiger partial charge < -0.3 is 14.3 Å². The van der Waals surface area contributed by atoms with Crippen molar-refractivity contribution in [3.8, 4) is 17.6 Å². The minimum Gasteiger partial charge on any atom is -0.497 e. The molecular formula is C11H13N3O4. The summed E-state index contributed by atoms with van der Waals surface area (Å²) in [5, 5.41) is 8.81. The van der Waals surface area contributed by atoms with Gasteiger partial charge in [0.15, 0.2) is 0 Å². The summed E-state index contributed by atoms with van der Waals surface area (Å²) < 4.78 is 10.3. The van der Waals surface area contributed by atoms with Crippen LogP contribution in [-0.4, -0.2) is 19.7 Å². The first kappa shape index (κ1) is 13.8. The maximum Gasteiger partial charge on any atom is 0.329 e. The molecule has 0 heterocycles. The molecule has 0 atom stereocenters. The molecule has 0 amide bonds. The molecule has 0 aliphatic heterocycles. The summed E-state index contributed by atoms with van der Waals surface area (Å²) in [4.78, 5) is 15.3. The number of nitriles is 1. The van der Waals surface area contributed by atoms with Crippen LogP contribution >= 0.6 is 0 Å². The van der Waals surface area contributed by atoms with Crippen molar-refractivity contribution in [1.82, 2.24) is 5.59 Å². The van der Waals surface area contributed by atoms with E-state index in [9.17, 15) is 4.79 Å². The van der Waals surface area contributed by atoms with Gasteiger partial charge in [0.25, 0.3) is 0 Å². The lowest BCUT2D eigenvalue weighted by Crippen LogP contribution is -2.26. The molecule has 0 aliphatic rings. The third kappa shape index (κ3) is 4.29. The number of ether oxygens (including phenoxy) is 2. The topological polar surface area (TPSA) is 107 Å². The lowest BCUT2D eigenvalue weighted by atomic mass is 10.2. The van der Waals surface area contributed by atoms with Crippen molar-refractivity contribution in [2.45, 2.75) is 6.42 Å². The van der Waals surface area contributed by atoms with Crippen LogP contribution in [0.5, 0.6) is 11.5 Å². The van der Waals surface area contributed by atoms with Gasteiger partial charge in [-0.15, -0.1) is 0 Å². The maximum absolute atomic E-state index is 11.0. The molecule has 1 aromatic carbocycles. The van der Waals surface area contributed by atoms with Crippen LogP contribution in [0.25, 0.3) is 0 Å². The SMILES string of the molecule is COc1cc(C#N)cc(OCCC(=O)ONN)c1. The Kier molecular flexibility index (Phi) is 5.44. The van der Waals surface area contributed by atoms with Gasteiger partial charge in [0.2, 0.25) is 0 Å². The number of benzene rings is 1. The summed E-state index contributed by atoms with van der Waals surface area (Å²) in [5.41, 5.74) is 2.20. The van der Waals surface area contributed by atoms with E-state index in [1.54, 1.807) is 23.8 Å². The molecule has 0 spiro atoms. The summed E-state index contributed by atoms with van der Waals surface area (Å²) in [6.45, 7) is 0.110. The van der Waals surface area contributed by atoms with E-state index in [0.29, 0.717) is 17.1 Å². The standard InChI is InChI=1S/C11H13N3O4/c1-16-9-4-8(7-12)5-10(6-9)17-3-2-11(15)18-14-13/h4-6,14H,2-3,13H2,1H3. The zero-order chi connectivity index (χ0) is 13.4. The maximum atomic E-state index is 11.0. The zero-order valence-electron chi connectivity index (χ0n) is 9.80. The fraction of sp³-hybridized carbons (Fsp3) is 0.273. The first-order valence-electron chi connectivity index (χ1n) is 5.07. The molecular weight excluding hydrogens is 238 g/mol. The average molecular weight is 251 g/mol. The molecule has 0 aromatic heterocycles. The van der Waals surface area contributed by atoms with Crippen LogP contribution in [0.2, 0.25) is 0 Å². The summed E-state index contributed by atoms with van der Waals surface area (Å²) in [6.07, 6.45) is 0.0310. The average Bonchev–Trinajstić information content (AvgIpc) is 2.38. The van der Waals surface area contributed by atoms with Gasteiger partial charge in [-0.25, -0.2) is 5.84 Å². The number of methoxy groups -OCH3 is 1. The minimum absolute atomic E-state index is 0.0310. The van der Waals surface area contributed by atoms with E-state index in [0.717, 1.165) is 0 Å². The Morgan fingerprint density at radius 2 is 2.17 bits per heavy atom. The van der Waals surface area contributed by atoms with E-state index in [1.165, 1.54) is 7.11 Å². The quantitative estimate of drug-likeness (QED) is 0.551. The summed E-state index contributed by atoms with van der Waals surface area (Å²) in [7, 11) is 1.49. The van der Waals surface area contributed by atoms with Gasteiger partial charge in [-0.3, -0.25) is 4.79 Å². The molecule has 3 N–H and O–H groups in total. The van der Waals surface area contributed by atoms with E-state index >= 15 is 0 Å². The van der Waals surface area contributed by atoms with E-state index < -0.39 is 5.97 Å². The van der Waals surface area contributed by atoms with Crippen LogP contribution in [-0.2, 0) is 9.63 Å². The largest absolute Gasteiger partial charge is 0.497 e. The number of nitrogens with two attached hydrogens (primary N) is 1. The lowest BCUT2D eigenvalue weighted by molar-refractivity contribution is -0.151. The van der Waals surface area contributed by atoms with Crippen LogP contribution < -0.4 is 20.9 Å². The van der Waals surface area contributed by atoms with Crippen molar-refractivity contribution in [2.24, 2.45) is 5.84 Å². The van der Waals surface area contributed by atoms with Gasteiger partial charge in [0.05, 0.1) is 31.8 Å². The molecule has 1 rings (SSSR count). The van der Waals surface area contributed by atoms with Crippen molar-refractivity contribution in [1.29, 1.82) is 5.26 Å². The number of rotatable bonds is 6. The fourth-order valence-corrected chi connectivity index (χ4v) is 1.21. The third-order valence-electron chi connectivity index (χ3n) is 1.99. The third-order valence-corrected chi connectivity index (χ3v) is 1.99. The molecule has 96 valence electrons. The second-order valence-electron chi connectivity index (χ2n) is 3.20. The van der Waals surface area contributed by atoms with E-state index in [2.05, 4.69) is 4.84 Å². The van der Waals surface area contributed by atoms with E-state index in [4.69, 9.17) is 20.6 Å². The number of nitrogens with one attached hydrogen (secondary N) is 1. The highest BCUT2D eigenvalue weighted by Crippen LogP contribution is 2.22. The molecule has 0 saturated carbocycles. The van der Waals surface area contributed by atoms with Crippen molar-refractivity contribution < 1.29 is 19.1 Å². The monoisotopic (exact) mass is 251 g/mol. The number of hydrogen-bond acceptors (Lipinski definition) is 7. The van der Waals surface area contributed by atoms with Crippen LogP contribution in [0, 0.1) is 11.3 Å². The van der Waals surface area contributed by atoms with Crippen LogP contribution in [0.3, 0.4) is 0 Å². The summed E-state index contributed by atoms with van der Waals surface area (Å²) in [5.74, 6) is 5.21. The van der Waals surface area contributed by atoms with Gasteiger partial charge >= 0.3 is 5.97 Å². The fourth-order valence-electron chi connectivity index (χ4n) is 1.21. The molecule has 1 aromatic rings. The Labute approximate surface area is 104 Å². The number of hydrogen-bond donors (Lipinski definition) is 2. The molecule has 0 aliphatic carbocycles. The van der Waals surface area contributed by atoms with E-state index in [-0.39, 0.29) is 13.0 Å². The first-order valence-corrected chi connectivity index (χ1v) is 5.07. The van der Waals surface area contributed by atoms with Gasteiger partial charge in [0.1, 0.15) is 11.5 Å².